The number of pyridine rings is 1. The first-order valence-electron chi connectivity index (χ1n) is 35.6. The summed E-state index contributed by atoms with van der Waals surface area (Å²) in [4.78, 5) is 203. The first-order valence-corrected chi connectivity index (χ1v) is 40.1. The SMILES string of the molecule is C=C(NC(=O)C(=C)NC(=O)c1csc(C2=N[C@@H]3c4csc(n4)[C@H]4NC(=O)c5csc(n5)[C@H]([C@](C)(O)[C@@H](C)O)NC(=O)[C@H]5CSC(=N5)/C(=C/C)NC(=O)[C@H]([C@@H](C)O)NC(=O)c5csc(n5)[C@]3(CC2)NC(=O)[C@H](C)NC(=O)C(=C)NC(=O)[C@H](C)NC(=O)[C@H]([C@@H](C)CC)N[C@@H]2C=Cc3c([C@@H](C)O)cc(nc3[C@H]2O)C(=O)O[C@@H]4C)n1)C(=O)O. The highest BCUT2D eigenvalue weighted by Crippen LogP contribution is 2.48. The van der Waals surface area contributed by atoms with Crippen LogP contribution in [0, 0.1) is 5.92 Å². The summed E-state index contributed by atoms with van der Waals surface area (Å²) in [5, 5.41) is 101. The van der Waals surface area contributed by atoms with E-state index in [1.807, 2.05) is 5.32 Å². The summed E-state index contributed by atoms with van der Waals surface area (Å²) in [7, 11) is 0. The Labute approximate surface area is 671 Å². The molecule has 5 aromatic rings. The van der Waals surface area contributed by atoms with Gasteiger partial charge in [-0.25, -0.2) is 34.5 Å². The smallest absolute Gasteiger partial charge is 0.357 e. The molecule has 17 N–H and O–H groups in total. The minimum Gasteiger partial charge on any atom is -0.477 e. The van der Waals surface area contributed by atoms with Gasteiger partial charge in [0, 0.05) is 32.8 Å². The summed E-state index contributed by atoms with van der Waals surface area (Å²) in [6.07, 6.45) is -3.23. The Balaban J connectivity index is 1.18. The van der Waals surface area contributed by atoms with E-state index in [9.17, 15) is 73.8 Å². The number of hydrogen-bond donors (Lipinski definition) is 17. The number of cyclic esters (lactones) is 1. The Kier molecular flexibility index (Phi) is 26.7. The molecule has 114 heavy (non-hydrogen) atoms. The number of aliphatic imine (C=N–C) groups is 2. The van der Waals surface area contributed by atoms with E-state index in [1.165, 1.54) is 94.3 Å². The quantitative estimate of drug-likeness (QED) is 0.0619. The van der Waals surface area contributed by atoms with Gasteiger partial charge in [-0.05, 0) is 85.8 Å². The fraction of sp³-hybridized carbons (Fsp3) is 0.431. The standard InChI is InChI=1S/C72H84N18O19S5/c1-14-26(3)47-62(103)76-29(6)55(96)73-27(4)54(95)74-30(7)57(98)90-72-19-18-40(65-84-43(22-111-65)58(99)75-28(5)56(97)77-31(8)68(105)106)80-52(72)42-21-112-66(82-42)49(34(11)109-69(107)41-20-37(32(9)91)36-16-17-39(78-47)51(94)50(36)79-41)88-59(100)44-24-113-67(85-44)53(71(13,108)35(12)93)89-61(102)45-23-110-64(83-45)38(15-2)81-63(104)48(33(10)92)87-60(101)46-25-114-70(72)86-46/h15-17,20-22,24-26,29-30,32-35,39,45,47-49,51-53,78,91-94,108H,4-5,8,14,18-19,23H2,1-3,6-7,9-13H3,(H,73,96)(H,74,95)(H,75,99)(H,76,103)(H,77,97)(H,81,104)(H,87,101)(H,88,100)(H,89,102)(H,90,98)(H,105,106)/b38-15-/t26-,29-,30-,32+,33+,34+,35+,39+,45+,47-,48-,49-,51-,52+,53+,71+,72+/m0/s1. The van der Waals surface area contributed by atoms with E-state index >= 15 is 14.4 Å². The lowest BCUT2D eigenvalue weighted by Crippen LogP contribution is -2.57. The summed E-state index contributed by atoms with van der Waals surface area (Å²) >= 11 is 4.39. The van der Waals surface area contributed by atoms with Crippen molar-refractivity contribution in [2.75, 3.05) is 5.75 Å². The zero-order valence-electron chi connectivity index (χ0n) is 62.9. The van der Waals surface area contributed by atoms with E-state index in [0.29, 0.717) is 6.42 Å². The Morgan fingerprint density at radius 1 is 0.754 bits per heavy atom. The fourth-order valence-corrected chi connectivity index (χ4v) is 17.2. The molecular formula is C72H84N18O19S5. The molecule has 10 rings (SSSR count). The first-order chi connectivity index (χ1) is 53.7. The number of aliphatic hydroxyl groups is 5. The highest BCUT2D eigenvalue weighted by atomic mass is 32.2. The number of nitrogens with zero attached hydrogens (tertiary/aromatic N) is 7. The van der Waals surface area contributed by atoms with Crippen molar-refractivity contribution in [2.24, 2.45) is 15.9 Å². The van der Waals surface area contributed by atoms with Crippen molar-refractivity contribution < 1.29 is 92.9 Å². The number of fused-ring (bicyclic) bond motifs is 7. The number of thioether (sulfide) groups is 1. The monoisotopic (exact) mass is 1660 g/mol. The number of ether oxygens (including phenoxy) is 1. The largest absolute Gasteiger partial charge is 0.477 e. The van der Waals surface area contributed by atoms with Gasteiger partial charge in [-0.1, -0.05) is 58.2 Å². The molecule has 5 aromatic heterocycles. The van der Waals surface area contributed by atoms with Crippen molar-refractivity contribution >= 4 is 145 Å². The number of carboxylic acid groups (broad SMARTS) is 1. The van der Waals surface area contributed by atoms with Crippen LogP contribution >= 0.6 is 57.1 Å². The predicted octanol–water partition coefficient (Wildman–Crippen LogP) is 1.37. The molecular weight excluding hydrogens is 1580 g/mol. The van der Waals surface area contributed by atoms with Crippen LogP contribution in [-0.4, -0.2) is 203 Å². The minimum absolute atomic E-state index is 0.0185. The number of amides is 10. The molecule has 0 saturated heterocycles. The van der Waals surface area contributed by atoms with Crippen LogP contribution in [0.1, 0.15) is 203 Å². The van der Waals surface area contributed by atoms with Crippen LogP contribution in [0.25, 0.3) is 6.08 Å². The average molecular weight is 1670 g/mol. The second kappa shape index (κ2) is 35.5. The molecule has 0 fully saturated rings. The second-order valence-electron chi connectivity index (χ2n) is 27.7. The van der Waals surface area contributed by atoms with Crippen LogP contribution in [0.4, 0.5) is 0 Å². The van der Waals surface area contributed by atoms with Crippen LogP contribution in [0.2, 0.25) is 0 Å². The van der Waals surface area contributed by atoms with Gasteiger partial charge in [0.15, 0.2) is 0 Å². The van der Waals surface area contributed by atoms with Gasteiger partial charge in [-0.3, -0.25) is 63.2 Å². The summed E-state index contributed by atoms with van der Waals surface area (Å²) in [6, 6.07) is -11.6. The summed E-state index contributed by atoms with van der Waals surface area (Å²) in [5.41, 5.74) is -7.39. The third kappa shape index (κ3) is 18.6. The number of carbonyl (C=O) groups excluding carboxylic acids is 11. The normalized spacial score (nSPS) is 26.9. The van der Waals surface area contributed by atoms with Crippen molar-refractivity contribution in [2.45, 2.75) is 185 Å². The number of carbonyl (C=O) groups is 12. The molecule has 606 valence electrons. The van der Waals surface area contributed by atoms with Gasteiger partial charge in [0.05, 0.1) is 64.6 Å². The third-order valence-corrected chi connectivity index (χ3v) is 24.3. The van der Waals surface area contributed by atoms with Crippen LogP contribution < -0.4 is 58.5 Å². The lowest BCUT2D eigenvalue weighted by molar-refractivity contribution is -0.134. The summed E-state index contributed by atoms with van der Waals surface area (Å²) in [6.45, 7) is 24.7. The molecule has 17 atom stereocenters. The molecule has 10 amide bonds. The van der Waals surface area contributed by atoms with Crippen molar-refractivity contribution in [1.82, 2.24) is 83.4 Å². The number of thiazole rings is 4. The van der Waals surface area contributed by atoms with Gasteiger partial charge in [0.2, 0.25) is 29.5 Å². The van der Waals surface area contributed by atoms with Crippen LogP contribution in [0.5, 0.6) is 0 Å². The maximum absolute atomic E-state index is 15.4. The van der Waals surface area contributed by atoms with Gasteiger partial charge in [0.1, 0.15) is 119 Å². The number of rotatable bonds is 12. The van der Waals surface area contributed by atoms with Crippen molar-refractivity contribution in [1.29, 1.82) is 0 Å². The Hall–Kier alpha value is -10.5. The molecule has 9 heterocycles. The lowest BCUT2D eigenvalue weighted by Gasteiger charge is -2.41. The molecule has 37 nitrogen and oxygen atoms in total. The number of aromatic nitrogens is 5. The molecule has 0 aromatic carbocycles. The number of aliphatic hydroxyl groups excluding tert-OH is 4. The van der Waals surface area contributed by atoms with E-state index in [-0.39, 0.29) is 89.0 Å². The van der Waals surface area contributed by atoms with Crippen LogP contribution in [-0.2, 0) is 48.6 Å². The zero-order valence-corrected chi connectivity index (χ0v) is 67.0. The van der Waals surface area contributed by atoms with Gasteiger partial charge >= 0.3 is 11.9 Å². The molecule has 1 aliphatic carbocycles. The topological polar surface area (TPSA) is 557 Å². The average Bonchev–Trinajstić information content (AvgIpc) is 1.50. The molecule has 0 spiro atoms. The van der Waals surface area contributed by atoms with E-state index in [4.69, 9.17) is 19.7 Å². The van der Waals surface area contributed by atoms with E-state index in [0.717, 1.165) is 57.1 Å². The van der Waals surface area contributed by atoms with Gasteiger partial charge < -0.3 is 88.5 Å². The van der Waals surface area contributed by atoms with Gasteiger partial charge in [0.25, 0.3) is 29.5 Å². The van der Waals surface area contributed by atoms with Crippen molar-refractivity contribution in [3.8, 4) is 0 Å². The third-order valence-electron chi connectivity index (χ3n) is 19.4. The van der Waals surface area contributed by atoms with Crippen molar-refractivity contribution in [3.05, 3.63) is 148 Å². The Morgan fingerprint density at radius 2 is 1.44 bits per heavy atom. The van der Waals surface area contributed by atoms with E-state index in [1.54, 1.807) is 20.8 Å². The highest BCUT2D eigenvalue weighted by Gasteiger charge is 2.51. The molecule has 4 aliphatic heterocycles. The highest BCUT2D eigenvalue weighted by molar-refractivity contribution is 8.14. The van der Waals surface area contributed by atoms with Crippen LogP contribution in [0.15, 0.2) is 92.2 Å². The van der Waals surface area contributed by atoms with Gasteiger partial charge in [-0.15, -0.1) is 57.1 Å². The summed E-state index contributed by atoms with van der Waals surface area (Å²) in [5.74, 6) is -12.8. The first kappa shape index (κ1) is 85.9. The second-order valence-corrected chi connectivity index (χ2v) is 32.2. The zero-order chi connectivity index (χ0) is 83.4. The molecule has 0 radical (unpaired) electrons. The maximum atomic E-state index is 15.4. The number of hydrogen-bond acceptors (Lipinski definition) is 31. The predicted molar refractivity (Wildman–Crippen MR) is 417 cm³/mol. The lowest BCUT2D eigenvalue weighted by atomic mass is 9.80. The Morgan fingerprint density at radius 3 is 2.11 bits per heavy atom. The number of aliphatic carboxylic acids is 1. The number of nitrogens with one attached hydrogen (secondary N) is 11. The molecule has 13 bridgehead atoms. The molecule has 42 heteroatoms. The minimum atomic E-state index is -2.21. The Bertz CT molecular complexity index is 4880. The van der Waals surface area contributed by atoms with Crippen molar-refractivity contribution in [3.63, 3.8) is 0 Å². The molecule has 0 unspecified atom stereocenters. The fourth-order valence-electron chi connectivity index (χ4n) is 12.3. The summed E-state index contributed by atoms with van der Waals surface area (Å²) < 4.78 is 6.26. The molecule has 0 saturated carbocycles. The maximum Gasteiger partial charge on any atom is 0.357 e. The number of allylic oxidation sites excluding steroid dienone is 1. The molecule has 5 aliphatic rings. The number of esters is 1. The van der Waals surface area contributed by atoms with E-state index in [2.05, 4.69) is 92.8 Å². The number of carboxylic acids is 1. The van der Waals surface area contributed by atoms with Crippen LogP contribution in [0.3, 0.4) is 0 Å². The van der Waals surface area contributed by atoms with E-state index < -0.39 is 201 Å². The van der Waals surface area contributed by atoms with Gasteiger partial charge in [-0.2, -0.15) is 0 Å².